The average Bonchev–Trinajstić information content (AvgIpc) is 2.55. The van der Waals surface area contributed by atoms with E-state index >= 15 is 0 Å². The van der Waals surface area contributed by atoms with Crippen LogP contribution in [0, 0.1) is 5.92 Å². The number of halogens is 1. The van der Waals surface area contributed by atoms with Gasteiger partial charge in [0.2, 0.25) is 5.91 Å². The molecule has 0 atom stereocenters. The van der Waals surface area contributed by atoms with E-state index in [2.05, 4.69) is 16.3 Å². The molecule has 5 heteroatoms. The van der Waals surface area contributed by atoms with E-state index in [0.29, 0.717) is 13.2 Å². The molecule has 1 aliphatic rings. The number of ether oxygens (including phenoxy) is 1. The van der Waals surface area contributed by atoms with Crippen LogP contribution >= 0.6 is 11.6 Å². The van der Waals surface area contributed by atoms with Crippen molar-refractivity contribution < 1.29 is 9.53 Å². The first-order chi connectivity index (χ1) is 11.5. The second-order valence-corrected chi connectivity index (χ2v) is 7.18. The Bertz CT molecular complexity index is 514. The van der Waals surface area contributed by atoms with Gasteiger partial charge in [0.1, 0.15) is 0 Å². The van der Waals surface area contributed by atoms with Gasteiger partial charge in [0, 0.05) is 30.6 Å². The Morgan fingerprint density at radius 3 is 2.79 bits per heavy atom. The summed E-state index contributed by atoms with van der Waals surface area (Å²) < 4.78 is 5.48. The van der Waals surface area contributed by atoms with Crippen molar-refractivity contribution in [2.45, 2.75) is 45.8 Å². The molecule has 0 unspecified atom stereocenters. The number of benzene rings is 1. The lowest BCUT2D eigenvalue weighted by Crippen LogP contribution is -2.40. The number of carbonyl (C=O) groups excluding carboxylic acids is 1. The molecule has 0 aromatic heterocycles. The second kappa shape index (κ2) is 10.0. The molecule has 0 saturated carbocycles. The van der Waals surface area contributed by atoms with Gasteiger partial charge in [-0.25, -0.2) is 0 Å². The molecule has 4 nitrogen and oxygen atoms in total. The number of piperidine rings is 1. The molecule has 2 rings (SSSR count). The normalized spacial score (nSPS) is 16.5. The smallest absolute Gasteiger partial charge is 0.223 e. The number of hydrogen-bond donors (Lipinski definition) is 1. The van der Waals surface area contributed by atoms with Crippen LogP contribution in [-0.2, 0) is 16.1 Å². The van der Waals surface area contributed by atoms with E-state index in [1.807, 2.05) is 32.0 Å². The van der Waals surface area contributed by atoms with E-state index in [-0.39, 0.29) is 17.9 Å². The molecular formula is C19H29ClN2O2. The van der Waals surface area contributed by atoms with Gasteiger partial charge in [0.15, 0.2) is 0 Å². The summed E-state index contributed by atoms with van der Waals surface area (Å²) in [5, 5.41) is 3.82. The Labute approximate surface area is 150 Å². The standard InChI is InChI=1S/C19H29ClN2O2/c1-15(2)24-12-4-9-21-19(23)17-7-10-22(11-8-17)14-16-5-3-6-18(20)13-16/h3,5-6,13,15,17H,4,7-12,14H2,1-2H3,(H,21,23). The molecule has 1 amide bonds. The molecule has 0 spiro atoms. The lowest BCUT2D eigenvalue weighted by atomic mass is 9.95. The third-order valence-electron chi connectivity index (χ3n) is 4.33. The largest absolute Gasteiger partial charge is 0.379 e. The van der Waals surface area contributed by atoms with Crippen LogP contribution in [-0.4, -0.2) is 43.2 Å². The highest BCUT2D eigenvalue weighted by atomic mass is 35.5. The first kappa shape index (κ1) is 19.2. The van der Waals surface area contributed by atoms with Crippen molar-refractivity contribution in [1.29, 1.82) is 0 Å². The molecule has 24 heavy (non-hydrogen) atoms. The van der Waals surface area contributed by atoms with E-state index in [1.54, 1.807) is 0 Å². The first-order valence-corrected chi connectivity index (χ1v) is 9.28. The van der Waals surface area contributed by atoms with Crippen molar-refractivity contribution >= 4 is 17.5 Å². The van der Waals surface area contributed by atoms with Crippen LogP contribution in [0.4, 0.5) is 0 Å². The van der Waals surface area contributed by atoms with E-state index in [9.17, 15) is 4.79 Å². The molecule has 0 bridgehead atoms. The fourth-order valence-corrected chi connectivity index (χ4v) is 3.21. The Balaban J connectivity index is 1.64. The van der Waals surface area contributed by atoms with Gasteiger partial charge in [-0.2, -0.15) is 0 Å². The predicted octanol–water partition coefficient (Wildman–Crippen LogP) is 3.48. The number of carbonyl (C=O) groups is 1. The fourth-order valence-electron chi connectivity index (χ4n) is 2.99. The lowest BCUT2D eigenvalue weighted by molar-refractivity contribution is -0.126. The first-order valence-electron chi connectivity index (χ1n) is 8.90. The van der Waals surface area contributed by atoms with Gasteiger partial charge in [0.05, 0.1) is 6.10 Å². The van der Waals surface area contributed by atoms with Crippen LogP contribution in [0.3, 0.4) is 0 Å². The van der Waals surface area contributed by atoms with Gasteiger partial charge in [-0.05, 0) is 63.9 Å². The molecule has 1 aromatic rings. The van der Waals surface area contributed by atoms with Crippen LogP contribution in [0.25, 0.3) is 0 Å². The molecule has 0 radical (unpaired) electrons. The predicted molar refractivity (Wildman–Crippen MR) is 98.2 cm³/mol. The number of hydrogen-bond acceptors (Lipinski definition) is 3. The van der Waals surface area contributed by atoms with E-state index < -0.39 is 0 Å². The van der Waals surface area contributed by atoms with Crippen LogP contribution in [0.15, 0.2) is 24.3 Å². The summed E-state index contributed by atoms with van der Waals surface area (Å²) in [6.45, 7) is 8.28. The highest BCUT2D eigenvalue weighted by molar-refractivity contribution is 6.30. The lowest BCUT2D eigenvalue weighted by Gasteiger charge is -2.31. The maximum absolute atomic E-state index is 12.2. The maximum Gasteiger partial charge on any atom is 0.223 e. The molecule has 1 heterocycles. The number of nitrogens with one attached hydrogen (secondary N) is 1. The minimum atomic E-state index is 0.145. The molecule has 1 saturated heterocycles. The van der Waals surface area contributed by atoms with Crippen molar-refractivity contribution in [1.82, 2.24) is 10.2 Å². The van der Waals surface area contributed by atoms with Crippen molar-refractivity contribution in [3.8, 4) is 0 Å². The molecule has 1 fully saturated rings. The zero-order chi connectivity index (χ0) is 17.4. The molecular weight excluding hydrogens is 324 g/mol. The molecule has 0 aliphatic carbocycles. The number of rotatable bonds is 8. The van der Waals surface area contributed by atoms with Crippen molar-refractivity contribution in [3.05, 3.63) is 34.9 Å². The minimum absolute atomic E-state index is 0.145. The summed E-state index contributed by atoms with van der Waals surface area (Å²) in [4.78, 5) is 14.6. The fraction of sp³-hybridized carbons (Fsp3) is 0.632. The van der Waals surface area contributed by atoms with Crippen LogP contribution in [0.2, 0.25) is 5.02 Å². The topological polar surface area (TPSA) is 41.6 Å². The van der Waals surface area contributed by atoms with Gasteiger partial charge in [-0.3, -0.25) is 9.69 Å². The summed E-state index contributed by atoms with van der Waals surface area (Å²) in [5.74, 6) is 0.341. The van der Waals surface area contributed by atoms with Gasteiger partial charge in [-0.15, -0.1) is 0 Å². The highest BCUT2D eigenvalue weighted by Gasteiger charge is 2.24. The van der Waals surface area contributed by atoms with Gasteiger partial charge >= 0.3 is 0 Å². The van der Waals surface area contributed by atoms with Crippen LogP contribution in [0.1, 0.15) is 38.7 Å². The van der Waals surface area contributed by atoms with Crippen molar-refractivity contribution in [2.24, 2.45) is 5.92 Å². The van der Waals surface area contributed by atoms with Crippen molar-refractivity contribution in [2.75, 3.05) is 26.2 Å². The number of likely N-dealkylation sites (tertiary alicyclic amines) is 1. The molecule has 1 N–H and O–H groups in total. The summed E-state index contributed by atoms with van der Waals surface area (Å²) in [6.07, 6.45) is 2.98. The number of amides is 1. The Hall–Kier alpha value is -1.10. The van der Waals surface area contributed by atoms with Gasteiger partial charge in [-0.1, -0.05) is 23.7 Å². The van der Waals surface area contributed by atoms with E-state index in [0.717, 1.165) is 43.9 Å². The maximum atomic E-state index is 12.2. The quantitative estimate of drug-likeness (QED) is 0.728. The second-order valence-electron chi connectivity index (χ2n) is 6.74. The van der Waals surface area contributed by atoms with Crippen LogP contribution in [0.5, 0.6) is 0 Å². The van der Waals surface area contributed by atoms with Gasteiger partial charge in [0.25, 0.3) is 0 Å². The molecule has 1 aromatic carbocycles. The summed E-state index contributed by atoms with van der Waals surface area (Å²) >= 11 is 6.04. The number of nitrogens with zero attached hydrogens (tertiary/aromatic N) is 1. The Morgan fingerprint density at radius 1 is 1.38 bits per heavy atom. The summed E-state index contributed by atoms with van der Waals surface area (Å²) in [7, 11) is 0. The summed E-state index contributed by atoms with van der Waals surface area (Å²) in [6, 6.07) is 8.00. The Morgan fingerprint density at radius 2 is 2.12 bits per heavy atom. The van der Waals surface area contributed by atoms with E-state index in [1.165, 1.54) is 5.56 Å². The zero-order valence-corrected chi connectivity index (χ0v) is 15.5. The van der Waals surface area contributed by atoms with Crippen molar-refractivity contribution in [3.63, 3.8) is 0 Å². The summed E-state index contributed by atoms with van der Waals surface area (Å²) in [5.41, 5.74) is 1.23. The zero-order valence-electron chi connectivity index (χ0n) is 14.8. The van der Waals surface area contributed by atoms with Crippen LogP contribution < -0.4 is 5.32 Å². The van der Waals surface area contributed by atoms with E-state index in [4.69, 9.17) is 16.3 Å². The highest BCUT2D eigenvalue weighted by Crippen LogP contribution is 2.20. The molecule has 1 aliphatic heterocycles. The third-order valence-corrected chi connectivity index (χ3v) is 4.56. The average molecular weight is 353 g/mol. The molecule has 134 valence electrons. The van der Waals surface area contributed by atoms with Gasteiger partial charge < -0.3 is 10.1 Å². The third kappa shape index (κ3) is 6.80. The monoisotopic (exact) mass is 352 g/mol. The minimum Gasteiger partial charge on any atom is -0.379 e. The SMILES string of the molecule is CC(C)OCCCNC(=O)C1CCN(Cc2cccc(Cl)c2)CC1. The Kier molecular flexibility index (Phi) is 8.03.